The highest BCUT2D eigenvalue weighted by atomic mass is 16.2. The number of aryl methyl sites for hydroxylation is 1. The molecule has 0 saturated heterocycles. The van der Waals surface area contributed by atoms with Crippen LogP contribution in [-0.4, -0.2) is 25.1 Å². The van der Waals surface area contributed by atoms with E-state index < -0.39 is 11.2 Å². The van der Waals surface area contributed by atoms with Gasteiger partial charge in [0, 0.05) is 6.42 Å². The number of nitrogens with one attached hydrogen (secondary N) is 2. The van der Waals surface area contributed by atoms with Gasteiger partial charge >= 0.3 is 5.69 Å². The topological polar surface area (TPSA) is 104 Å². The predicted octanol–water partition coefficient (Wildman–Crippen LogP) is -0.646. The highest BCUT2D eigenvalue weighted by molar-refractivity contribution is 5.66. The lowest BCUT2D eigenvalue weighted by atomic mass is 10.3. The van der Waals surface area contributed by atoms with E-state index in [0.717, 1.165) is 6.42 Å². The second-order valence-electron chi connectivity index (χ2n) is 3.08. The molecule has 7 nitrogen and oxygen atoms in total. The molecule has 0 aliphatic rings. The molecule has 78 valence electrons. The minimum Gasteiger partial charge on any atom is -0.288 e. The Labute approximate surface area is 83.6 Å². The molecule has 15 heavy (non-hydrogen) atoms. The van der Waals surface area contributed by atoms with Crippen molar-refractivity contribution in [3.8, 4) is 0 Å². The zero-order valence-corrected chi connectivity index (χ0v) is 8.07. The first kappa shape index (κ1) is 9.50. The normalized spacial score (nSPS) is 10.7. The number of aromatic amines is 2. The van der Waals surface area contributed by atoms with Crippen LogP contribution in [0.3, 0.4) is 0 Å². The third-order valence-electron chi connectivity index (χ3n) is 1.88. The lowest BCUT2D eigenvalue weighted by Crippen LogP contribution is -2.24. The molecule has 2 aromatic rings. The van der Waals surface area contributed by atoms with Crippen LogP contribution in [0, 0.1) is 0 Å². The molecule has 2 rings (SSSR count). The minimum absolute atomic E-state index is 0.114. The Morgan fingerprint density at radius 1 is 1.20 bits per heavy atom. The van der Waals surface area contributed by atoms with Gasteiger partial charge in [-0.15, -0.1) is 10.2 Å². The summed E-state index contributed by atoms with van der Waals surface area (Å²) in [5, 5.41) is 7.53. The number of hydrogen-bond acceptors (Lipinski definition) is 5. The molecule has 0 radical (unpaired) electrons. The maximum atomic E-state index is 11.4. The molecule has 0 spiro atoms. The van der Waals surface area contributed by atoms with Crippen LogP contribution in [0.5, 0.6) is 0 Å². The van der Waals surface area contributed by atoms with Gasteiger partial charge in [-0.25, -0.2) is 9.78 Å². The van der Waals surface area contributed by atoms with Gasteiger partial charge in [0.2, 0.25) is 0 Å². The summed E-state index contributed by atoms with van der Waals surface area (Å²) in [5.41, 5.74) is -0.913. The molecule has 0 aromatic carbocycles. The van der Waals surface area contributed by atoms with Crippen molar-refractivity contribution in [2.24, 2.45) is 0 Å². The molecule has 7 heteroatoms. The van der Waals surface area contributed by atoms with E-state index in [2.05, 4.69) is 25.1 Å². The van der Waals surface area contributed by atoms with Crippen LogP contribution in [0.2, 0.25) is 0 Å². The van der Waals surface area contributed by atoms with Gasteiger partial charge in [0.05, 0.1) is 0 Å². The maximum absolute atomic E-state index is 11.4. The fraction of sp³-hybridized carbons (Fsp3) is 0.375. The fourth-order valence-electron chi connectivity index (χ4n) is 1.23. The Morgan fingerprint density at radius 2 is 2.00 bits per heavy atom. The molecular weight excluding hydrogens is 198 g/mol. The lowest BCUT2D eigenvalue weighted by Gasteiger charge is -1.97. The van der Waals surface area contributed by atoms with Gasteiger partial charge in [-0.2, -0.15) is 0 Å². The molecule has 0 aliphatic carbocycles. The van der Waals surface area contributed by atoms with Crippen LogP contribution in [0.15, 0.2) is 9.59 Å². The third kappa shape index (κ3) is 1.76. The smallest absolute Gasteiger partial charge is 0.288 e. The summed E-state index contributed by atoms with van der Waals surface area (Å²) in [4.78, 5) is 30.7. The first-order valence-electron chi connectivity index (χ1n) is 4.56. The Hall–Kier alpha value is -2.05. The quantitative estimate of drug-likeness (QED) is 0.681. The second-order valence-corrected chi connectivity index (χ2v) is 3.08. The van der Waals surface area contributed by atoms with Crippen LogP contribution in [-0.2, 0) is 6.42 Å². The number of fused-ring (bicyclic) bond motifs is 1. The molecule has 0 unspecified atom stereocenters. The molecule has 2 aromatic heterocycles. The monoisotopic (exact) mass is 207 g/mol. The summed E-state index contributed by atoms with van der Waals surface area (Å²) >= 11 is 0. The van der Waals surface area contributed by atoms with Crippen molar-refractivity contribution in [3.05, 3.63) is 26.7 Å². The zero-order valence-electron chi connectivity index (χ0n) is 8.07. The molecule has 0 bridgehead atoms. The standard InChI is InChI=1S/C8H9N5O2/c1-2-3-4-9-5-6(13-12-4)10-8(15)11-7(5)14/h2-3H2,1H3,(H2,10,11,13,14,15). The molecular formula is C8H9N5O2. The summed E-state index contributed by atoms with van der Waals surface area (Å²) in [6, 6.07) is 0. The van der Waals surface area contributed by atoms with E-state index in [4.69, 9.17) is 0 Å². The van der Waals surface area contributed by atoms with Crippen molar-refractivity contribution in [2.45, 2.75) is 19.8 Å². The molecule has 0 saturated carbocycles. The molecule has 0 aliphatic heterocycles. The van der Waals surface area contributed by atoms with E-state index in [0.29, 0.717) is 12.2 Å². The van der Waals surface area contributed by atoms with Gasteiger partial charge in [-0.3, -0.25) is 14.8 Å². The van der Waals surface area contributed by atoms with Crippen molar-refractivity contribution >= 4 is 11.2 Å². The van der Waals surface area contributed by atoms with Crippen molar-refractivity contribution in [2.75, 3.05) is 0 Å². The summed E-state index contributed by atoms with van der Waals surface area (Å²) in [5.74, 6) is 0.502. The second kappa shape index (κ2) is 3.60. The summed E-state index contributed by atoms with van der Waals surface area (Å²) in [6.45, 7) is 1.98. The molecule has 2 N–H and O–H groups in total. The Kier molecular flexibility index (Phi) is 2.28. The van der Waals surface area contributed by atoms with Crippen molar-refractivity contribution in [3.63, 3.8) is 0 Å². The van der Waals surface area contributed by atoms with E-state index >= 15 is 0 Å². The number of hydrogen-bond donors (Lipinski definition) is 2. The first-order chi connectivity index (χ1) is 7.20. The Bertz CT molecular complexity index is 600. The van der Waals surface area contributed by atoms with E-state index in [-0.39, 0.29) is 11.2 Å². The van der Waals surface area contributed by atoms with E-state index in [9.17, 15) is 9.59 Å². The first-order valence-corrected chi connectivity index (χ1v) is 4.56. The van der Waals surface area contributed by atoms with E-state index in [1.54, 1.807) is 0 Å². The lowest BCUT2D eigenvalue weighted by molar-refractivity contribution is 0.797. The highest BCUT2D eigenvalue weighted by Crippen LogP contribution is 1.98. The van der Waals surface area contributed by atoms with Gasteiger partial charge in [0.1, 0.15) is 0 Å². The largest absolute Gasteiger partial charge is 0.327 e. The Balaban J connectivity index is 2.71. The summed E-state index contributed by atoms with van der Waals surface area (Å²) in [6.07, 6.45) is 1.52. The van der Waals surface area contributed by atoms with Gasteiger partial charge < -0.3 is 0 Å². The minimum atomic E-state index is -0.605. The van der Waals surface area contributed by atoms with Gasteiger partial charge in [0.15, 0.2) is 17.0 Å². The molecule has 0 atom stereocenters. The van der Waals surface area contributed by atoms with Crippen LogP contribution >= 0.6 is 0 Å². The summed E-state index contributed by atoms with van der Waals surface area (Å²) in [7, 11) is 0. The number of rotatable bonds is 2. The van der Waals surface area contributed by atoms with Gasteiger partial charge in [-0.1, -0.05) is 6.92 Å². The van der Waals surface area contributed by atoms with E-state index in [1.165, 1.54) is 0 Å². The predicted molar refractivity (Wildman–Crippen MR) is 52.6 cm³/mol. The average molecular weight is 207 g/mol. The zero-order chi connectivity index (χ0) is 10.8. The third-order valence-corrected chi connectivity index (χ3v) is 1.88. The van der Waals surface area contributed by atoms with Gasteiger partial charge in [-0.05, 0) is 6.42 Å². The number of H-pyrrole nitrogens is 2. The van der Waals surface area contributed by atoms with Crippen molar-refractivity contribution in [1.82, 2.24) is 25.1 Å². The van der Waals surface area contributed by atoms with Crippen LogP contribution in [0.25, 0.3) is 11.2 Å². The molecule has 0 amide bonds. The van der Waals surface area contributed by atoms with Crippen LogP contribution in [0.4, 0.5) is 0 Å². The number of nitrogens with zero attached hydrogens (tertiary/aromatic N) is 3. The van der Waals surface area contributed by atoms with Crippen LogP contribution in [0.1, 0.15) is 19.2 Å². The Morgan fingerprint density at radius 3 is 2.73 bits per heavy atom. The fourth-order valence-corrected chi connectivity index (χ4v) is 1.23. The molecule has 2 heterocycles. The summed E-state index contributed by atoms with van der Waals surface area (Å²) < 4.78 is 0. The average Bonchev–Trinajstić information content (AvgIpc) is 2.19. The SMILES string of the molecule is CCCc1nnc2[nH]c(=O)[nH]c(=O)c2n1. The van der Waals surface area contributed by atoms with Crippen LogP contribution < -0.4 is 11.2 Å². The van der Waals surface area contributed by atoms with Gasteiger partial charge in [0.25, 0.3) is 5.56 Å². The van der Waals surface area contributed by atoms with Crippen molar-refractivity contribution < 1.29 is 0 Å². The maximum Gasteiger partial charge on any atom is 0.327 e. The van der Waals surface area contributed by atoms with E-state index in [1.807, 2.05) is 6.92 Å². The highest BCUT2D eigenvalue weighted by Gasteiger charge is 2.05. The van der Waals surface area contributed by atoms with Crippen molar-refractivity contribution in [1.29, 1.82) is 0 Å². The molecule has 0 fully saturated rings. The number of aromatic nitrogens is 5.